The summed E-state index contributed by atoms with van der Waals surface area (Å²) >= 11 is 0. The molecular weight excluding hydrogens is 534 g/mol. The van der Waals surface area contributed by atoms with E-state index in [2.05, 4.69) is 42.5 Å². The van der Waals surface area contributed by atoms with Crippen molar-refractivity contribution in [1.29, 1.82) is 0 Å². The van der Waals surface area contributed by atoms with Gasteiger partial charge in [-0.3, -0.25) is 19.6 Å². The second-order valence-electron chi connectivity index (χ2n) is 14.3. The minimum Gasteiger partial charge on any atom is -0.444 e. The number of ether oxygens (including phenoxy) is 2. The fourth-order valence-electron chi connectivity index (χ4n) is 6.55. The van der Waals surface area contributed by atoms with Crippen LogP contribution in [0.5, 0.6) is 0 Å². The van der Waals surface area contributed by atoms with Crippen LogP contribution in [-0.4, -0.2) is 112 Å². The maximum atomic E-state index is 14.1. The highest BCUT2D eigenvalue weighted by Gasteiger charge is 2.43. The van der Waals surface area contributed by atoms with E-state index in [9.17, 15) is 14.7 Å². The first-order chi connectivity index (χ1) is 19.6. The molecule has 0 spiro atoms. The van der Waals surface area contributed by atoms with Gasteiger partial charge in [0.1, 0.15) is 5.60 Å². The molecule has 1 aromatic heterocycles. The number of carbonyl (C=O) groups excluding carboxylic acids is 2. The van der Waals surface area contributed by atoms with Crippen LogP contribution in [0.1, 0.15) is 92.5 Å². The molecule has 3 aliphatic heterocycles. The number of anilines is 1. The number of amides is 2. The Hall–Kier alpha value is -2.27. The zero-order valence-electron chi connectivity index (χ0n) is 27.2. The van der Waals surface area contributed by atoms with Gasteiger partial charge in [0.15, 0.2) is 0 Å². The van der Waals surface area contributed by atoms with Crippen molar-refractivity contribution < 1.29 is 24.2 Å². The standard InChI is InChI=1S/C32H53N5O5/c1-10-11-28(38)26-12-27-25(13-33-26)32(8,9)20-37(27)29(39)17-34-14-21(2)36(30(40)42-31(5,6)7)16-24(34)15-35-22(3)18-41-19-23(35)4/h12-13,21-24,28,38H,10-11,14-20H2,1-9H3/t21-,22-,23-,24+,28?/m1/s1. The number of aromatic nitrogens is 1. The summed E-state index contributed by atoms with van der Waals surface area (Å²) in [6.45, 7) is 22.3. The predicted octanol–water partition coefficient (Wildman–Crippen LogP) is 3.96. The Bertz CT molecular complexity index is 1110. The predicted molar refractivity (Wildman–Crippen MR) is 164 cm³/mol. The maximum Gasteiger partial charge on any atom is 0.410 e. The molecule has 236 valence electrons. The number of piperazine rings is 1. The van der Waals surface area contributed by atoms with Crippen LogP contribution in [-0.2, 0) is 19.7 Å². The van der Waals surface area contributed by atoms with Crippen molar-refractivity contribution in [3.8, 4) is 0 Å². The van der Waals surface area contributed by atoms with Gasteiger partial charge in [-0.15, -0.1) is 0 Å². The van der Waals surface area contributed by atoms with Crippen LogP contribution in [0, 0.1) is 0 Å². The van der Waals surface area contributed by atoms with Gasteiger partial charge in [0.2, 0.25) is 5.91 Å². The zero-order valence-corrected chi connectivity index (χ0v) is 27.2. The third-order valence-electron chi connectivity index (χ3n) is 8.87. The third-order valence-corrected chi connectivity index (χ3v) is 8.87. The highest BCUT2D eigenvalue weighted by Crippen LogP contribution is 2.41. The van der Waals surface area contributed by atoms with Gasteiger partial charge in [0.05, 0.1) is 37.2 Å². The molecule has 2 fully saturated rings. The zero-order chi connectivity index (χ0) is 31.0. The largest absolute Gasteiger partial charge is 0.444 e. The van der Waals surface area contributed by atoms with E-state index in [0.717, 1.165) is 24.2 Å². The number of hydrogen-bond acceptors (Lipinski definition) is 8. The molecule has 0 saturated carbocycles. The number of nitrogens with zero attached hydrogens (tertiary/aromatic N) is 5. The fraction of sp³-hybridized carbons (Fsp3) is 0.781. The van der Waals surface area contributed by atoms with Crippen LogP contribution in [0.25, 0.3) is 0 Å². The summed E-state index contributed by atoms with van der Waals surface area (Å²) in [6.07, 6.45) is 2.36. The molecule has 2 amide bonds. The molecule has 3 aliphatic rings. The Kier molecular flexibility index (Phi) is 9.92. The van der Waals surface area contributed by atoms with Gasteiger partial charge in [-0.1, -0.05) is 27.2 Å². The van der Waals surface area contributed by atoms with E-state index in [4.69, 9.17) is 9.47 Å². The number of fused-ring (bicyclic) bond motifs is 1. The van der Waals surface area contributed by atoms with Gasteiger partial charge in [-0.05, 0) is 54.0 Å². The van der Waals surface area contributed by atoms with Crippen LogP contribution in [0.3, 0.4) is 0 Å². The van der Waals surface area contributed by atoms with Crippen LogP contribution >= 0.6 is 0 Å². The SMILES string of the molecule is CCCC(O)c1cc2c(cn1)C(C)(C)CN2C(=O)CN1C[C@@H](C)N(C(=O)OC(C)(C)C)C[C@@H]1CN1[C@H](C)COC[C@H]1C. The summed E-state index contributed by atoms with van der Waals surface area (Å²) in [7, 11) is 0. The maximum absolute atomic E-state index is 14.1. The van der Waals surface area contributed by atoms with Crippen molar-refractivity contribution in [3.05, 3.63) is 23.5 Å². The lowest BCUT2D eigenvalue weighted by Gasteiger charge is -2.49. The van der Waals surface area contributed by atoms with Crippen molar-refractivity contribution in [2.45, 2.75) is 116 Å². The molecule has 10 heteroatoms. The molecule has 2 saturated heterocycles. The molecule has 4 rings (SSSR count). The fourth-order valence-corrected chi connectivity index (χ4v) is 6.55. The van der Waals surface area contributed by atoms with E-state index in [-0.39, 0.29) is 48.1 Å². The number of aliphatic hydroxyl groups excluding tert-OH is 1. The van der Waals surface area contributed by atoms with Crippen molar-refractivity contribution in [2.24, 2.45) is 0 Å². The lowest BCUT2D eigenvalue weighted by molar-refractivity contribution is -0.122. The molecule has 1 N–H and O–H groups in total. The first kappa shape index (κ1) is 32.6. The van der Waals surface area contributed by atoms with Crippen molar-refractivity contribution in [1.82, 2.24) is 19.7 Å². The van der Waals surface area contributed by atoms with E-state index in [1.165, 1.54) is 0 Å². The molecule has 4 heterocycles. The number of carbonyl (C=O) groups is 2. The number of morpholine rings is 1. The Balaban J connectivity index is 1.58. The molecule has 1 unspecified atom stereocenters. The highest BCUT2D eigenvalue weighted by atomic mass is 16.6. The molecule has 0 aromatic carbocycles. The summed E-state index contributed by atoms with van der Waals surface area (Å²) in [6, 6.07) is 2.24. The summed E-state index contributed by atoms with van der Waals surface area (Å²) in [4.78, 5) is 40.3. The molecule has 0 aliphatic carbocycles. The van der Waals surface area contributed by atoms with Crippen LogP contribution < -0.4 is 4.90 Å². The Morgan fingerprint density at radius 2 is 1.81 bits per heavy atom. The number of hydrogen-bond donors (Lipinski definition) is 1. The molecule has 42 heavy (non-hydrogen) atoms. The average molecular weight is 588 g/mol. The Morgan fingerprint density at radius 3 is 2.43 bits per heavy atom. The number of aliphatic hydroxyl groups is 1. The summed E-state index contributed by atoms with van der Waals surface area (Å²) in [5.74, 6) is 0.0231. The van der Waals surface area contributed by atoms with E-state index < -0.39 is 11.7 Å². The van der Waals surface area contributed by atoms with Crippen molar-refractivity contribution in [2.75, 3.05) is 50.8 Å². The van der Waals surface area contributed by atoms with Gasteiger partial charge < -0.3 is 24.4 Å². The lowest BCUT2D eigenvalue weighted by Crippen LogP contribution is -2.65. The van der Waals surface area contributed by atoms with Gasteiger partial charge >= 0.3 is 6.09 Å². The van der Waals surface area contributed by atoms with Gasteiger partial charge in [-0.25, -0.2) is 4.79 Å². The molecule has 10 nitrogen and oxygen atoms in total. The van der Waals surface area contributed by atoms with Crippen molar-refractivity contribution in [3.63, 3.8) is 0 Å². The Morgan fingerprint density at radius 1 is 1.14 bits per heavy atom. The highest BCUT2D eigenvalue weighted by molar-refractivity contribution is 5.97. The molecule has 5 atom stereocenters. The summed E-state index contributed by atoms with van der Waals surface area (Å²) in [5, 5.41) is 10.6. The topological polar surface area (TPSA) is 98.7 Å². The third kappa shape index (κ3) is 7.26. The molecular formula is C32H53N5O5. The summed E-state index contributed by atoms with van der Waals surface area (Å²) in [5.41, 5.74) is 1.66. The van der Waals surface area contributed by atoms with Gasteiger partial charge in [0, 0.05) is 67.5 Å². The average Bonchev–Trinajstić information content (AvgIpc) is 3.16. The minimum atomic E-state index is -0.648. The number of rotatable bonds is 7. The normalized spacial score (nSPS) is 27.6. The van der Waals surface area contributed by atoms with Crippen molar-refractivity contribution >= 4 is 17.7 Å². The van der Waals surface area contributed by atoms with Crippen LogP contribution in [0.2, 0.25) is 0 Å². The second kappa shape index (κ2) is 12.8. The molecule has 0 bridgehead atoms. The van der Waals surface area contributed by atoms with E-state index in [1.807, 2.05) is 56.7 Å². The van der Waals surface area contributed by atoms with Gasteiger partial charge in [0.25, 0.3) is 0 Å². The van der Waals surface area contributed by atoms with E-state index >= 15 is 0 Å². The molecule has 0 radical (unpaired) electrons. The minimum absolute atomic E-state index is 0.0231. The van der Waals surface area contributed by atoms with E-state index in [1.54, 1.807) is 0 Å². The number of pyridine rings is 1. The first-order valence-corrected chi connectivity index (χ1v) is 15.7. The second-order valence-corrected chi connectivity index (χ2v) is 14.3. The monoisotopic (exact) mass is 587 g/mol. The molecule has 1 aromatic rings. The van der Waals surface area contributed by atoms with Gasteiger partial charge in [-0.2, -0.15) is 0 Å². The quantitative estimate of drug-likeness (QED) is 0.512. The van der Waals surface area contributed by atoms with Crippen LogP contribution in [0.15, 0.2) is 12.3 Å². The first-order valence-electron chi connectivity index (χ1n) is 15.7. The smallest absolute Gasteiger partial charge is 0.410 e. The Labute approximate surface area is 252 Å². The summed E-state index contributed by atoms with van der Waals surface area (Å²) < 4.78 is 11.5. The van der Waals surface area contributed by atoms with Crippen LogP contribution in [0.4, 0.5) is 10.5 Å². The van der Waals surface area contributed by atoms with E-state index in [0.29, 0.717) is 45.0 Å². The lowest BCUT2D eigenvalue weighted by atomic mass is 9.88.